The largest absolute Gasteiger partial charge is 0.330 e. The van der Waals surface area contributed by atoms with Gasteiger partial charge in [-0.1, -0.05) is 34.5 Å². The predicted molar refractivity (Wildman–Crippen MR) is 77.0 cm³/mol. The van der Waals surface area contributed by atoms with E-state index in [0.717, 1.165) is 38.0 Å². The van der Waals surface area contributed by atoms with Crippen LogP contribution in [0.1, 0.15) is 35.2 Å². The van der Waals surface area contributed by atoms with E-state index in [1.165, 1.54) is 16.7 Å². The molecule has 0 fully saturated rings. The van der Waals surface area contributed by atoms with Crippen molar-refractivity contribution in [1.82, 2.24) is 15.0 Å². The van der Waals surface area contributed by atoms with Gasteiger partial charge in [-0.25, -0.2) is 4.68 Å². The summed E-state index contributed by atoms with van der Waals surface area (Å²) in [5.74, 6) is 0. The van der Waals surface area contributed by atoms with Crippen LogP contribution in [0.4, 0.5) is 0 Å². The third-order valence-corrected chi connectivity index (χ3v) is 3.10. The van der Waals surface area contributed by atoms with E-state index in [1.807, 2.05) is 10.9 Å². The van der Waals surface area contributed by atoms with E-state index in [9.17, 15) is 0 Å². The van der Waals surface area contributed by atoms with Gasteiger partial charge in [0.15, 0.2) is 0 Å². The average molecular weight is 258 g/mol. The first-order valence-electron chi connectivity index (χ1n) is 6.83. The molecule has 4 heteroatoms. The van der Waals surface area contributed by atoms with Gasteiger partial charge in [0.25, 0.3) is 0 Å². The van der Waals surface area contributed by atoms with Gasteiger partial charge in [0, 0.05) is 6.20 Å². The lowest BCUT2D eigenvalue weighted by atomic mass is 10.1. The summed E-state index contributed by atoms with van der Waals surface area (Å²) < 4.78 is 1.91. The van der Waals surface area contributed by atoms with Gasteiger partial charge in [-0.2, -0.15) is 0 Å². The van der Waals surface area contributed by atoms with Crippen LogP contribution in [0.2, 0.25) is 0 Å². The molecule has 0 bridgehead atoms. The van der Waals surface area contributed by atoms with Gasteiger partial charge in [-0.3, -0.25) is 0 Å². The lowest BCUT2D eigenvalue weighted by Gasteiger charge is -2.04. The van der Waals surface area contributed by atoms with E-state index in [4.69, 9.17) is 5.73 Å². The van der Waals surface area contributed by atoms with Gasteiger partial charge < -0.3 is 5.73 Å². The maximum Gasteiger partial charge on any atom is 0.0827 e. The molecule has 1 heterocycles. The third kappa shape index (κ3) is 4.17. The second-order valence-corrected chi connectivity index (χ2v) is 5.15. The maximum atomic E-state index is 5.49. The normalized spacial score (nSPS) is 10.9. The SMILES string of the molecule is Cc1cc(C)cc(Cn2cc(CCCCN)nn2)c1. The Balaban J connectivity index is 1.99. The number of aromatic nitrogens is 3. The fraction of sp³-hybridized carbons (Fsp3) is 0.467. The van der Waals surface area contributed by atoms with Crippen LogP contribution >= 0.6 is 0 Å². The highest BCUT2D eigenvalue weighted by molar-refractivity contribution is 5.28. The lowest BCUT2D eigenvalue weighted by molar-refractivity contribution is 0.648. The molecule has 0 unspecified atom stereocenters. The van der Waals surface area contributed by atoms with Crippen LogP contribution < -0.4 is 5.73 Å². The molecule has 0 aliphatic carbocycles. The van der Waals surface area contributed by atoms with Crippen LogP contribution in [0.25, 0.3) is 0 Å². The van der Waals surface area contributed by atoms with Crippen LogP contribution in [0.15, 0.2) is 24.4 Å². The van der Waals surface area contributed by atoms with Crippen molar-refractivity contribution in [2.75, 3.05) is 6.54 Å². The molecular weight excluding hydrogens is 236 g/mol. The molecule has 0 amide bonds. The topological polar surface area (TPSA) is 56.7 Å². The molecule has 0 spiro atoms. The van der Waals surface area contributed by atoms with E-state index in [0.29, 0.717) is 0 Å². The first-order valence-corrected chi connectivity index (χ1v) is 6.83. The summed E-state index contributed by atoms with van der Waals surface area (Å²) in [6.07, 6.45) is 5.13. The molecule has 0 atom stereocenters. The van der Waals surface area contributed by atoms with E-state index >= 15 is 0 Å². The summed E-state index contributed by atoms with van der Waals surface area (Å²) in [4.78, 5) is 0. The van der Waals surface area contributed by atoms with Gasteiger partial charge in [-0.05, 0) is 45.2 Å². The van der Waals surface area contributed by atoms with E-state index < -0.39 is 0 Å². The smallest absolute Gasteiger partial charge is 0.0827 e. The second-order valence-electron chi connectivity index (χ2n) is 5.15. The Morgan fingerprint density at radius 1 is 1.11 bits per heavy atom. The second kappa shape index (κ2) is 6.48. The molecule has 0 saturated carbocycles. The molecule has 2 N–H and O–H groups in total. The molecule has 0 aliphatic heterocycles. The van der Waals surface area contributed by atoms with Crippen LogP contribution in [0.3, 0.4) is 0 Å². The van der Waals surface area contributed by atoms with Crippen LogP contribution in [0.5, 0.6) is 0 Å². The molecule has 4 nitrogen and oxygen atoms in total. The summed E-state index contributed by atoms with van der Waals surface area (Å²) >= 11 is 0. The van der Waals surface area contributed by atoms with Crippen LogP contribution in [-0.2, 0) is 13.0 Å². The number of nitrogens with zero attached hydrogens (tertiary/aromatic N) is 3. The number of unbranched alkanes of at least 4 members (excludes halogenated alkanes) is 1. The third-order valence-electron chi connectivity index (χ3n) is 3.10. The first kappa shape index (κ1) is 13.7. The highest BCUT2D eigenvalue weighted by atomic mass is 15.4. The number of hydrogen-bond acceptors (Lipinski definition) is 3. The minimum atomic E-state index is 0.747. The Bertz CT molecular complexity index is 510. The molecule has 0 aliphatic rings. The van der Waals surface area contributed by atoms with Crippen molar-refractivity contribution in [1.29, 1.82) is 0 Å². The zero-order valence-corrected chi connectivity index (χ0v) is 11.8. The summed E-state index contributed by atoms with van der Waals surface area (Å²) in [5, 5.41) is 8.39. The van der Waals surface area contributed by atoms with Crippen molar-refractivity contribution < 1.29 is 0 Å². The molecule has 2 rings (SSSR count). The van der Waals surface area contributed by atoms with Gasteiger partial charge >= 0.3 is 0 Å². The average Bonchev–Trinajstić information content (AvgIpc) is 2.76. The molecule has 0 radical (unpaired) electrons. The minimum Gasteiger partial charge on any atom is -0.330 e. The highest BCUT2D eigenvalue weighted by Crippen LogP contribution is 2.10. The van der Waals surface area contributed by atoms with Crippen LogP contribution in [0, 0.1) is 13.8 Å². The fourth-order valence-electron chi connectivity index (χ4n) is 2.33. The Morgan fingerprint density at radius 3 is 2.53 bits per heavy atom. The Hall–Kier alpha value is -1.68. The lowest BCUT2D eigenvalue weighted by Crippen LogP contribution is -2.01. The molecule has 19 heavy (non-hydrogen) atoms. The number of benzene rings is 1. The number of nitrogens with two attached hydrogens (primary N) is 1. The summed E-state index contributed by atoms with van der Waals surface area (Å²) in [6, 6.07) is 6.58. The van der Waals surface area contributed by atoms with E-state index in [-0.39, 0.29) is 0 Å². The van der Waals surface area contributed by atoms with E-state index in [2.05, 4.69) is 42.4 Å². The quantitative estimate of drug-likeness (QED) is 0.808. The number of hydrogen-bond donors (Lipinski definition) is 1. The van der Waals surface area contributed by atoms with E-state index in [1.54, 1.807) is 0 Å². The molecule has 1 aromatic heterocycles. The predicted octanol–water partition coefficient (Wildman–Crippen LogP) is 2.22. The molecule has 0 saturated heterocycles. The van der Waals surface area contributed by atoms with Gasteiger partial charge in [0.05, 0.1) is 12.2 Å². The maximum absolute atomic E-state index is 5.49. The molecule has 2 aromatic rings. The summed E-state index contributed by atoms with van der Waals surface area (Å²) in [5.41, 5.74) is 10.4. The van der Waals surface area contributed by atoms with Crippen LogP contribution in [-0.4, -0.2) is 21.5 Å². The zero-order valence-electron chi connectivity index (χ0n) is 11.8. The Kier molecular flexibility index (Phi) is 4.68. The summed E-state index contributed by atoms with van der Waals surface area (Å²) in [7, 11) is 0. The van der Waals surface area contributed by atoms with Crippen molar-refractivity contribution in [2.24, 2.45) is 5.73 Å². The number of aryl methyl sites for hydroxylation is 3. The minimum absolute atomic E-state index is 0.747. The van der Waals surface area contributed by atoms with Crippen molar-refractivity contribution in [3.63, 3.8) is 0 Å². The van der Waals surface area contributed by atoms with Gasteiger partial charge in [-0.15, -0.1) is 5.10 Å². The van der Waals surface area contributed by atoms with Crippen molar-refractivity contribution >= 4 is 0 Å². The molecule has 1 aromatic carbocycles. The van der Waals surface area contributed by atoms with Crippen molar-refractivity contribution in [2.45, 2.75) is 39.7 Å². The van der Waals surface area contributed by atoms with Gasteiger partial charge in [0.1, 0.15) is 0 Å². The first-order chi connectivity index (χ1) is 9.17. The highest BCUT2D eigenvalue weighted by Gasteiger charge is 2.02. The monoisotopic (exact) mass is 258 g/mol. The summed E-state index contributed by atoms with van der Waals surface area (Å²) in [6.45, 7) is 5.77. The standard InChI is InChI=1S/C15H22N4/c1-12-7-13(2)9-14(8-12)10-19-11-15(17-18-19)5-3-4-6-16/h7-9,11H,3-6,10,16H2,1-2H3. The van der Waals surface area contributed by atoms with Crippen molar-refractivity contribution in [3.05, 3.63) is 46.8 Å². The number of rotatable bonds is 6. The van der Waals surface area contributed by atoms with Crippen molar-refractivity contribution in [3.8, 4) is 0 Å². The molecular formula is C15H22N4. The zero-order chi connectivity index (χ0) is 13.7. The molecule has 102 valence electrons. The Morgan fingerprint density at radius 2 is 1.84 bits per heavy atom. The fourth-order valence-corrected chi connectivity index (χ4v) is 2.33. The van der Waals surface area contributed by atoms with Gasteiger partial charge in [0.2, 0.25) is 0 Å². The Labute approximate surface area is 114 Å².